The van der Waals surface area contributed by atoms with Gasteiger partial charge in [-0.1, -0.05) is 48.9 Å². The highest BCUT2D eigenvalue weighted by molar-refractivity contribution is 6.34. The van der Waals surface area contributed by atoms with Gasteiger partial charge in [-0.15, -0.1) is 0 Å². The molecule has 0 aliphatic rings. The first-order chi connectivity index (χ1) is 17.5. The predicted octanol–water partition coefficient (Wildman–Crippen LogP) is 6.88. The second-order valence-corrected chi connectivity index (χ2v) is 11.8. The second kappa shape index (κ2) is 12.2. The van der Waals surface area contributed by atoms with Crippen molar-refractivity contribution in [1.29, 1.82) is 0 Å². The summed E-state index contributed by atoms with van der Waals surface area (Å²) in [5.41, 5.74) is 2.44. The zero-order valence-electron chi connectivity index (χ0n) is 24.3. The van der Waals surface area contributed by atoms with Gasteiger partial charge in [0.05, 0.1) is 10.7 Å². The van der Waals surface area contributed by atoms with Gasteiger partial charge < -0.3 is 20.3 Å². The molecule has 0 aromatic heterocycles. The van der Waals surface area contributed by atoms with Crippen LogP contribution in [0.4, 0.5) is 10.5 Å². The summed E-state index contributed by atoms with van der Waals surface area (Å²) in [5.74, 6) is -0.797. The standard InChI is InChI=1S/C30H42ClN3O4/c1-11-30(9,10)34(27(36)21(5)32-28(37)38-29(6,7)8)25(22-16-12-14-18(2)20(22)4)26(35)33-24-19(3)15-13-17-23(24)31/h12-17,21,25H,11H2,1-10H3,(H,32,37)(H,33,35). The smallest absolute Gasteiger partial charge is 0.408 e. The van der Waals surface area contributed by atoms with Gasteiger partial charge in [-0.25, -0.2) is 4.79 Å². The van der Waals surface area contributed by atoms with Crippen molar-refractivity contribution in [3.63, 3.8) is 0 Å². The molecule has 2 unspecified atom stereocenters. The minimum atomic E-state index is -0.990. The Bertz CT molecular complexity index is 1170. The summed E-state index contributed by atoms with van der Waals surface area (Å²) in [4.78, 5) is 42.3. The van der Waals surface area contributed by atoms with Gasteiger partial charge in [0.15, 0.2) is 0 Å². The molecule has 2 aromatic rings. The van der Waals surface area contributed by atoms with Gasteiger partial charge >= 0.3 is 6.09 Å². The average molecular weight is 544 g/mol. The molecule has 0 saturated carbocycles. The highest BCUT2D eigenvalue weighted by Crippen LogP contribution is 2.36. The third-order valence-corrected chi connectivity index (χ3v) is 7.09. The molecule has 0 spiro atoms. The van der Waals surface area contributed by atoms with E-state index in [4.69, 9.17) is 16.3 Å². The third-order valence-electron chi connectivity index (χ3n) is 6.78. The summed E-state index contributed by atoms with van der Waals surface area (Å²) in [6, 6.07) is 9.16. The first-order valence-electron chi connectivity index (χ1n) is 12.9. The molecule has 0 aliphatic heterocycles. The number of hydrogen-bond acceptors (Lipinski definition) is 4. The Balaban J connectivity index is 2.65. The maximum absolute atomic E-state index is 14.1. The fourth-order valence-electron chi connectivity index (χ4n) is 4.15. The highest BCUT2D eigenvalue weighted by Gasteiger charge is 2.43. The molecule has 3 amide bonds. The fourth-order valence-corrected chi connectivity index (χ4v) is 4.42. The third kappa shape index (κ3) is 7.50. The Hall–Kier alpha value is -3.06. The largest absolute Gasteiger partial charge is 0.444 e. The average Bonchev–Trinajstić information content (AvgIpc) is 2.80. The number of nitrogens with zero attached hydrogens (tertiary/aromatic N) is 1. The van der Waals surface area contributed by atoms with E-state index in [0.717, 1.165) is 16.7 Å². The van der Waals surface area contributed by atoms with Crippen molar-refractivity contribution in [3.05, 3.63) is 63.7 Å². The number of para-hydroxylation sites is 1. The lowest BCUT2D eigenvalue weighted by Crippen LogP contribution is -2.58. The van der Waals surface area contributed by atoms with E-state index in [2.05, 4.69) is 10.6 Å². The summed E-state index contributed by atoms with van der Waals surface area (Å²) < 4.78 is 5.37. The Kier molecular flexibility index (Phi) is 10.0. The topological polar surface area (TPSA) is 87.7 Å². The van der Waals surface area contributed by atoms with E-state index in [1.54, 1.807) is 38.7 Å². The van der Waals surface area contributed by atoms with Crippen LogP contribution >= 0.6 is 11.6 Å². The van der Waals surface area contributed by atoms with Crippen molar-refractivity contribution < 1.29 is 19.1 Å². The number of ether oxygens (including phenoxy) is 1. The Labute approximate surface area is 232 Å². The van der Waals surface area contributed by atoms with Gasteiger partial charge in [0.1, 0.15) is 17.7 Å². The minimum absolute atomic E-state index is 0.394. The van der Waals surface area contributed by atoms with E-state index in [-0.39, 0.29) is 0 Å². The van der Waals surface area contributed by atoms with Gasteiger partial charge in [0.2, 0.25) is 5.91 Å². The molecule has 2 aromatic carbocycles. The van der Waals surface area contributed by atoms with Crippen LogP contribution < -0.4 is 10.6 Å². The van der Waals surface area contributed by atoms with Crippen LogP contribution in [0.25, 0.3) is 0 Å². The van der Waals surface area contributed by atoms with Crippen LogP contribution in [-0.2, 0) is 14.3 Å². The van der Waals surface area contributed by atoms with Crippen molar-refractivity contribution in [3.8, 4) is 0 Å². The summed E-state index contributed by atoms with van der Waals surface area (Å²) in [5, 5.41) is 6.04. The van der Waals surface area contributed by atoms with Crippen LogP contribution in [0.15, 0.2) is 36.4 Å². The predicted molar refractivity (Wildman–Crippen MR) is 154 cm³/mol. The number of rotatable bonds is 8. The lowest BCUT2D eigenvalue weighted by atomic mass is 9.89. The number of amides is 3. The Morgan fingerprint density at radius 1 is 0.974 bits per heavy atom. The lowest BCUT2D eigenvalue weighted by molar-refractivity contribution is -0.147. The number of aryl methyl sites for hydroxylation is 2. The fraction of sp³-hybridized carbons (Fsp3) is 0.500. The lowest BCUT2D eigenvalue weighted by Gasteiger charge is -2.44. The number of alkyl carbamates (subject to hydrolysis) is 1. The van der Waals surface area contributed by atoms with E-state index in [9.17, 15) is 14.4 Å². The second-order valence-electron chi connectivity index (χ2n) is 11.4. The van der Waals surface area contributed by atoms with Gasteiger partial charge in [-0.2, -0.15) is 0 Å². The molecule has 0 fully saturated rings. The van der Waals surface area contributed by atoms with Crippen molar-refractivity contribution >= 4 is 35.2 Å². The van der Waals surface area contributed by atoms with Crippen LogP contribution in [-0.4, -0.2) is 40.0 Å². The first kappa shape index (κ1) is 31.2. The quantitative estimate of drug-likeness (QED) is 0.380. The summed E-state index contributed by atoms with van der Waals surface area (Å²) in [6.07, 6.45) is -0.135. The summed E-state index contributed by atoms with van der Waals surface area (Å²) >= 11 is 6.44. The molecule has 0 radical (unpaired) electrons. The number of anilines is 1. The Morgan fingerprint density at radius 2 is 1.55 bits per heavy atom. The highest BCUT2D eigenvalue weighted by atomic mass is 35.5. The van der Waals surface area contributed by atoms with Gasteiger partial charge in [-0.3, -0.25) is 9.59 Å². The summed E-state index contributed by atoms with van der Waals surface area (Å²) in [6.45, 7) is 18.4. The molecule has 0 heterocycles. The van der Waals surface area contributed by atoms with E-state index in [0.29, 0.717) is 22.7 Å². The molecule has 0 aliphatic carbocycles. The Morgan fingerprint density at radius 3 is 2.11 bits per heavy atom. The molecule has 2 N–H and O–H groups in total. The number of nitrogens with one attached hydrogen (secondary N) is 2. The monoisotopic (exact) mass is 543 g/mol. The van der Waals surface area contributed by atoms with E-state index in [1.165, 1.54) is 0 Å². The molecule has 0 bridgehead atoms. The molecular weight excluding hydrogens is 502 g/mol. The van der Waals surface area contributed by atoms with Gasteiger partial charge in [-0.05, 0) is 97.1 Å². The number of carbonyl (C=O) groups is 3. The van der Waals surface area contributed by atoms with Crippen LogP contribution in [0.3, 0.4) is 0 Å². The van der Waals surface area contributed by atoms with Crippen LogP contribution in [0.2, 0.25) is 5.02 Å². The number of benzene rings is 2. The SMILES string of the molecule is CCC(C)(C)N(C(=O)C(C)NC(=O)OC(C)(C)C)C(C(=O)Nc1c(C)cccc1Cl)c1cccc(C)c1C. The maximum atomic E-state index is 14.1. The van der Waals surface area contributed by atoms with Crippen molar-refractivity contribution in [1.82, 2.24) is 10.2 Å². The number of carbonyl (C=O) groups excluding carboxylic acids is 3. The van der Waals surface area contributed by atoms with Gasteiger partial charge in [0, 0.05) is 5.54 Å². The normalized spacial score (nSPS) is 13.3. The van der Waals surface area contributed by atoms with E-state index in [1.807, 2.05) is 71.9 Å². The zero-order chi connectivity index (χ0) is 29.0. The maximum Gasteiger partial charge on any atom is 0.408 e. The number of hydrogen-bond donors (Lipinski definition) is 2. The minimum Gasteiger partial charge on any atom is -0.444 e. The summed E-state index contributed by atoms with van der Waals surface area (Å²) in [7, 11) is 0. The van der Waals surface area contributed by atoms with E-state index >= 15 is 0 Å². The van der Waals surface area contributed by atoms with Crippen molar-refractivity contribution in [2.24, 2.45) is 0 Å². The molecule has 8 heteroatoms. The molecular formula is C30H42ClN3O4. The molecule has 2 rings (SSSR count). The molecule has 38 heavy (non-hydrogen) atoms. The zero-order valence-corrected chi connectivity index (χ0v) is 25.0. The van der Waals surface area contributed by atoms with Crippen LogP contribution in [0, 0.1) is 20.8 Å². The molecule has 7 nitrogen and oxygen atoms in total. The number of halogens is 1. The van der Waals surface area contributed by atoms with Gasteiger partial charge in [0.25, 0.3) is 5.91 Å². The van der Waals surface area contributed by atoms with Crippen LogP contribution in [0.5, 0.6) is 0 Å². The van der Waals surface area contributed by atoms with Crippen molar-refractivity contribution in [2.45, 2.75) is 98.9 Å². The molecule has 208 valence electrons. The molecule has 2 atom stereocenters. The first-order valence-corrected chi connectivity index (χ1v) is 13.3. The van der Waals surface area contributed by atoms with Crippen molar-refractivity contribution in [2.75, 3.05) is 5.32 Å². The van der Waals surface area contributed by atoms with Crippen LogP contribution in [0.1, 0.15) is 83.2 Å². The van der Waals surface area contributed by atoms with E-state index < -0.39 is 41.1 Å². The molecule has 0 saturated heterocycles.